The predicted molar refractivity (Wildman–Crippen MR) is 85.6 cm³/mol. The van der Waals surface area contributed by atoms with Crippen molar-refractivity contribution in [2.24, 2.45) is 5.92 Å². The van der Waals surface area contributed by atoms with Crippen molar-refractivity contribution in [1.82, 2.24) is 4.98 Å². The van der Waals surface area contributed by atoms with Crippen molar-refractivity contribution in [2.45, 2.75) is 39.9 Å². The summed E-state index contributed by atoms with van der Waals surface area (Å²) in [5.74, 6) is -2.40. The molecule has 1 aromatic heterocycles. The van der Waals surface area contributed by atoms with Gasteiger partial charge in [0.15, 0.2) is 0 Å². The molecule has 2 aromatic rings. The number of aromatic amines is 1. The normalized spacial score (nSPS) is 20.0. The van der Waals surface area contributed by atoms with Gasteiger partial charge in [0.05, 0.1) is 23.4 Å². The fraction of sp³-hybridized carbons (Fsp3) is 0.444. The molecular weight excluding hydrogens is 311 g/mol. The Bertz CT molecular complexity index is 879. The van der Waals surface area contributed by atoms with Crippen molar-refractivity contribution >= 4 is 16.9 Å². The van der Waals surface area contributed by atoms with Gasteiger partial charge in [0.25, 0.3) is 5.79 Å². The van der Waals surface area contributed by atoms with Crippen molar-refractivity contribution in [3.63, 3.8) is 0 Å². The van der Waals surface area contributed by atoms with Crippen LogP contribution in [0.25, 0.3) is 10.9 Å². The van der Waals surface area contributed by atoms with Gasteiger partial charge in [-0.25, -0.2) is 4.39 Å². The van der Waals surface area contributed by atoms with E-state index in [1.165, 1.54) is 13.0 Å². The van der Waals surface area contributed by atoms with Crippen LogP contribution in [0.2, 0.25) is 0 Å². The number of H-pyrrole nitrogens is 1. The van der Waals surface area contributed by atoms with Crippen LogP contribution in [0.4, 0.5) is 4.39 Å². The number of fused-ring (bicyclic) bond motifs is 3. The Labute approximate surface area is 139 Å². The molecule has 0 fully saturated rings. The molecule has 2 heterocycles. The Morgan fingerprint density at radius 1 is 1.54 bits per heavy atom. The molecule has 1 aliphatic heterocycles. The number of nitriles is 1. The number of halogens is 1. The molecule has 1 aliphatic rings. The van der Waals surface area contributed by atoms with Gasteiger partial charge < -0.3 is 14.5 Å². The summed E-state index contributed by atoms with van der Waals surface area (Å²) in [6.45, 7) is 7.09. The molecule has 24 heavy (non-hydrogen) atoms. The summed E-state index contributed by atoms with van der Waals surface area (Å²) >= 11 is 0. The lowest BCUT2D eigenvalue weighted by atomic mass is 9.90. The van der Waals surface area contributed by atoms with Gasteiger partial charge in [-0.3, -0.25) is 4.79 Å². The van der Waals surface area contributed by atoms with E-state index in [0.29, 0.717) is 35.2 Å². The summed E-state index contributed by atoms with van der Waals surface area (Å²) in [5.41, 5.74) is 2.58. The number of hydrogen-bond acceptors (Lipinski definition) is 4. The Morgan fingerprint density at radius 2 is 2.25 bits per heavy atom. The van der Waals surface area contributed by atoms with E-state index in [-0.39, 0.29) is 11.4 Å². The molecular formula is C18H19FN2O3. The van der Waals surface area contributed by atoms with Crippen LogP contribution in [-0.4, -0.2) is 17.6 Å². The van der Waals surface area contributed by atoms with E-state index in [0.717, 1.165) is 5.56 Å². The van der Waals surface area contributed by atoms with Gasteiger partial charge >= 0.3 is 5.97 Å². The SMILES string of the molecule is CC(=O)OC1(C(C)C)OCCc2c1[nH]c1c(F)cc(C)c(C#N)c21. The Hall–Kier alpha value is -2.39. The zero-order valence-electron chi connectivity index (χ0n) is 14.1. The zero-order valence-corrected chi connectivity index (χ0v) is 14.1. The molecule has 3 rings (SSSR count). The first-order chi connectivity index (χ1) is 11.3. The Balaban J connectivity index is 2.39. The summed E-state index contributed by atoms with van der Waals surface area (Å²) < 4.78 is 25.9. The smallest absolute Gasteiger partial charge is 0.305 e. The molecule has 1 unspecified atom stereocenters. The maximum Gasteiger partial charge on any atom is 0.305 e. The van der Waals surface area contributed by atoms with E-state index in [2.05, 4.69) is 11.1 Å². The van der Waals surface area contributed by atoms with Gasteiger partial charge in [0.2, 0.25) is 0 Å². The number of rotatable bonds is 2. The molecule has 0 radical (unpaired) electrons. The molecule has 1 N–H and O–H groups in total. The van der Waals surface area contributed by atoms with Gasteiger partial charge in [-0.15, -0.1) is 0 Å². The van der Waals surface area contributed by atoms with Gasteiger partial charge in [0, 0.05) is 18.2 Å². The first-order valence-electron chi connectivity index (χ1n) is 7.89. The second kappa shape index (κ2) is 5.60. The molecule has 0 amide bonds. The number of benzene rings is 1. The third-order valence-corrected chi connectivity index (χ3v) is 4.51. The topological polar surface area (TPSA) is 75.1 Å². The highest BCUT2D eigenvalue weighted by molar-refractivity contribution is 5.92. The average molecular weight is 330 g/mol. The third kappa shape index (κ3) is 2.20. The number of nitrogens with zero attached hydrogens (tertiary/aromatic N) is 1. The Morgan fingerprint density at radius 3 is 2.83 bits per heavy atom. The van der Waals surface area contributed by atoms with E-state index in [4.69, 9.17) is 9.47 Å². The molecule has 126 valence electrons. The quantitative estimate of drug-likeness (QED) is 0.856. The third-order valence-electron chi connectivity index (χ3n) is 4.51. The molecule has 0 saturated heterocycles. The number of carbonyl (C=O) groups excluding carboxylic acids is 1. The first kappa shape index (κ1) is 16.5. The van der Waals surface area contributed by atoms with Crippen LogP contribution < -0.4 is 0 Å². The van der Waals surface area contributed by atoms with Crippen LogP contribution in [0.5, 0.6) is 0 Å². The van der Waals surface area contributed by atoms with Gasteiger partial charge in [-0.1, -0.05) is 13.8 Å². The fourth-order valence-electron chi connectivity index (χ4n) is 3.46. The summed E-state index contributed by atoms with van der Waals surface area (Å²) in [5, 5.41) is 10.1. The van der Waals surface area contributed by atoms with Crippen molar-refractivity contribution < 1.29 is 18.7 Å². The van der Waals surface area contributed by atoms with E-state index in [9.17, 15) is 14.4 Å². The fourth-order valence-corrected chi connectivity index (χ4v) is 3.46. The molecule has 0 saturated carbocycles. The van der Waals surface area contributed by atoms with E-state index < -0.39 is 17.6 Å². The van der Waals surface area contributed by atoms with Gasteiger partial charge in [0.1, 0.15) is 11.9 Å². The number of ether oxygens (including phenoxy) is 2. The van der Waals surface area contributed by atoms with Gasteiger partial charge in [-0.2, -0.15) is 5.26 Å². The number of esters is 1. The van der Waals surface area contributed by atoms with Gasteiger partial charge in [-0.05, 0) is 30.5 Å². The Kier molecular flexibility index (Phi) is 3.84. The standard InChI is InChI=1S/C18H19FN2O3/c1-9(2)18(24-11(4)22)17-12(5-6-23-18)15-13(8-20)10(3)7-14(19)16(15)21-17/h7,9,21H,5-6H2,1-4H3. The summed E-state index contributed by atoms with van der Waals surface area (Å²) in [6.07, 6.45) is 0.517. The number of hydrogen-bond donors (Lipinski definition) is 1. The first-order valence-corrected chi connectivity index (χ1v) is 7.89. The van der Waals surface area contributed by atoms with Crippen molar-refractivity contribution in [3.05, 3.63) is 34.3 Å². The predicted octanol–water partition coefficient (Wildman–Crippen LogP) is 3.43. The summed E-state index contributed by atoms with van der Waals surface area (Å²) in [6, 6.07) is 3.50. The summed E-state index contributed by atoms with van der Waals surface area (Å²) in [7, 11) is 0. The number of aromatic nitrogens is 1. The molecule has 1 atom stereocenters. The highest BCUT2D eigenvalue weighted by atomic mass is 19.1. The molecule has 1 aromatic carbocycles. The minimum atomic E-state index is -1.30. The van der Waals surface area contributed by atoms with E-state index in [1.807, 2.05) is 13.8 Å². The average Bonchev–Trinajstić information content (AvgIpc) is 2.88. The number of aryl methyl sites for hydroxylation is 1. The number of nitrogens with one attached hydrogen (secondary N) is 1. The highest BCUT2D eigenvalue weighted by Gasteiger charge is 2.47. The zero-order chi connectivity index (χ0) is 17.6. The van der Waals surface area contributed by atoms with Crippen molar-refractivity contribution in [3.8, 4) is 6.07 Å². The van der Waals surface area contributed by atoms with E-state index >= 15 is 0 Å². The van der Waals surface area contributed by atoms with Crippen LogP contribution in [0.3, 0.4) is 0 Å². The second-order valence-corrected chi connectivity index (χ2v) is 6.40. The molecule has 0 spiro atoms. The molecule has 5 nitrogen and oxygen atoms in total. The molecule has 0 aliphatic carbocycles. The maximum absolute atomic E-state index is 14.5. The van der Waals surface area contributed by atoms with E-state index in [1.54, 1.807) is 6.92 Å². The second-order valence-electron chi connectivity index (χ2n) is 6.40. The maximum atomic E-state index is 14.5. The monoisotopic (exact) mass is 330 g/mol. The minimum absolute atomic E-state index is 0.191. The number of carbonyl (C=O) groups is 1. The molecule has 0 bridgehead atoms. The largest absolute Gasteiger partial charge is 0.427 e. The van der Waals surface area contributed by atoms with Crippen LogP contribution in [0.15, 0.2) is 6.07 Å². The lowest BCUT2D eigenvalue weighted by Gasteiger charge is -2.39. The lowest BCUT2D eigenvalue weighted by molar-refractivity contribution is -0.265. The van der Waals surface area contributed by atoms with Crippen LogP contribution >= 0.6 is 0 Å². The summed E-state index contributed by atoms with van der Waals surface area (Å²) in [4.78, 5) is 14.7. The van der Waals surface area contributed by atoms with Crippen LogP contribution in [-0.2, 0) is 26.5 Å². The van der Waals surface area contributed by atoms with Crippen LogP contribution in [0, 0.1) is 30.0 Å². The van der Waals surface area contributed by atoms with Crippen molar-refractivity contribution in [2.75, 3.05) is 6.61 Å². The molecule has 6 heteroatoms. The van der Waals surface area contributed by atoms with Crippen LogP contribution in [0.1, 0.15) is 43.2 Å². The minimum Gasteiger partial charge on any atom is -0.427 e. The highest BCUT2D eigenvalue weighted by Crippen LogP contribution is 2.44. The van der Waals surface area contributed by atoms with Crippen molar-refractivity contribution in [1.29, 1.82) is 5.26 Å². The lowest BCUT2D eigenvalue weighted by Crippen LogP contribution is -2.44.